The first-order valence-corrected chi connectivity index (χ1v) is 14.1. The van der Waals surface area contributed by atoms with Crippen LogP contribution < -0.4 is 9.47 Å². The summed E-state index contributed by atoms with van der Waals surface area (Å²) >= 11 is 0. The highest BCUT2D eigenvalue weighted by molar-refractivity contribution is 5.92. The zero-order valence-corrected chi connectivity index (χ0v) is 22.8. The van der Waals surface area contributed by atoms with E-state index in [0.29, 0.717) is 38.3 Å². The van der Waals surface area contributed by atoms with Crippen LogP contribution in [0.3, 0.4) is 0 Å². The van der Waals surface area contributed by atoms with Crippen molar-refractivity contribution in [1.29, 1.82) is 0 Å². The Morgan fingerprint density at radius 2 is 1.90 bits per heavy atom. The molecule has 3 atom stereocenters. The molecule has 0 saturated carbocycles. The molecule has 9 heteroatoms. The Labute approximate surface area is 233 Å². The van der Waals surface area contributed by atoms with Gasteiger partial charge >= 0.3 is 0 Å². The molecule has 1 fully saturated rings. The van der Waals surface area contributed by atoms with Crippen molar-refractivity contribution in [2.75, 3.05) is 46.2 Å². The quantitative estimate of drug-likeness (QED) is 0.424. The third-order valence-corrected chi connectivity index (χ3v) is 7.99. The second kappa shape index (κ2) is 11.9. The van der Waals surface area contributed by atoms with E-state index in [1.807, 2.05) is 54.3 Å². The molecule has 212 valence electrons. The van der Waals surface area contributed by atoms with Crippen LogP contribution in [0.25, 0.3) is 11.0 Å². The van der Waals surface area contributed by atoms with Gasteiger partial charge in [-0.05, 0) is 49.6 Å². The van der Waals surface area contributed by atoms with Crippen LogP contribution >= 0.6 is 0 Å². The molecule has 1 N–H and O–H groups in total. The van der Waals surface area contributed by atoms with Crippen molar-refractivity contribution in [1.82, 2.24) is 9.80 Å². The van der Waals surface area contributed by atoms with Gasteiger partial charge in [0, 0.05) is 68.7 Å². The van der Waals surface area contributed by atoms with Gasteiger partial charge in [-0.1, -0.05) is 24.3 Å². The number of carbonyl (C=O) groups excluding carboxylic acids is 1. The number of para-hydroxylation sites is 1. The van der Waals surface area contributed by atoms with Crippen molar-refractivity contribution >= 4 is 16.9 Å². The molecule has 0 aliphatic carbocycles. The number of furan rings is 1. The zero-order valence-electron chi connectivity index (χ0n) is 22.8. The van der Waals surface area contributed by atoms with Crippen LogP contribution in [0.1, 0.15) is 36.8 Å². The summed E-state index contributed by atoms with van der Waals surface area (Å²) in [6.45, 7) is 6.25. The van der Waals surface area contributed by atoms with Crippen LogP contribution in [0.15, 0.2) is 65.0 Å². The molecule has 4 heterocycles. The van der Waals surface area contributed by atoms with Crippen molar-refractivity contribution in [3.05, 3.63) is 71.7 Å². The van der Waals surface area contributed by atoms with Crippen LogP contribution in [0, 0.1) is 5.92 Å². The van der Waals surface area contributed by atoms with E-state index < -0.39 is 6.29 Å². The topological polar surface area (TPSA) is 93.8 Å². The third kappa shape index (κ3) is 5.41. The number of nitrogens with zero attached hydrogens (tertiary/aromatic N) is 2. The van der Waals surface area contributed by atoms with E-state index in [-0.39, 0.29) is 31.1 Å². The molecule has 0 spiro atoms. The Bertz CT molecular complexity index is 1360. The van der Waals surface area contributed by atoms with Gasteiger partial charge < -0.3 is 33.4 Å². The van der Waals surface area contributed by atoms with E-state index in [1.165, 1.54) is 0 Å². The van der Waals surface area contributed by atoms with E-state index in [9.17, 15) is 9.90 Å². The minimum absolute atomic E-state index is 0.0665. The van der Waals surface area contributed by atoms with Gasteiger partial charge in [-0.3, -0.25) is 9.69 Å². The number of hydrogen-bond donors (Lipinski definition) is 1. The van der Waals surface area contributed by atoms with E-state index in [0.717, 1.165) is 53.2 Å². The van der Waals surface area contributed by atoms with Gasteiger partial charge in [0.1, 0.15) is 5.58 Å². The molecule has 0 radical (unpaired) electrons. The van der Waals surface area contributed by atoms with Crippen LogP contribution in [0.4, 0.5) is 0 Å². The highest BCUT2D eigenvalue weighted by atomic mass is 16.7. The zero-order chi connectivity index (χ0) is 27.5. The number of benzene rings is 2. The summed E-state index contributed by atoms with van der Waals surface area (Å²) < 4.78 is 29.1. The van der Waals surface area contributed by atoms with Crippen molar-refractivity contribution in [2.45, 2.75) is 38.5 Å². The van der Waals surface area contributed by atoms with Gasteiger partial charge in [0.05, 0.1) is 6.26 Å². The average Bonchev–Trinajstić information content (AvgIpc) is 3.63. The van der Waals surface area contributed by atoms with E-state index in [2.05, 4.69) is 11.0 Å². The first kappa shape index (κ1) is 26.7. The van der Waals surface area contributed by atoms with Gasteiger partial charge in [0.25, 0.3) is 5.91 Å². The standard InChI is InChI=1S/C31H36N2O7/c1-2-36-31-23(7-5-15-34)24(25-19-37-26-8-4-3-6-22(25)26)17-29(40-31)30(35)33-13-11-32(12-14-33)18-21-9-10-27-28(16-21)39-20-38-27/h3-4,6,8-10,16-17,19,23-24,31,34H,2,5,7,11-15,18,20H2,1H3/t23-,24+,31-/m0/s1. The maximum Gasteiger partial charge on any atom is 0.288 e. The van der Waals surface area contributed by atoms with E-state index in [4.69, 9.17) is 23.4 Å². The first-order chi connectivity index (χ1) is 19.6. The molecule has 40 heavy (non-hydrogen) atoms. The van der Waals surface area contributed by atoms with Crippen molar-refractivity contribution in [2.24, 2.45) is 5.92 Å². The predicted octanol–water partition coefficient (Wildman–Crippen LogP) is 4.25. The number of hydrogen-bond acceptors (Lipinski definition) is 8. The Morgan fingerprint density at radius 1 is 1.07 bits per heavy atom. The summed E-state index contributed by atoms with van der Waals surface area (Å²) in [7, 11) is 0. The predicted molar refractivity (Wildman–Crippen MR) is 148 cm³/mol. The number of aliphatic hydroxyl groups excluding tert-OH is 1. The molecule has 3 aliphatic heterocycles. The number of allylic oxidation sites excluding steroid dienone is 1. The van der Waals surface area contributed by atoms with Gasteiger partial charge in [-0.2, -0.15) is 0 Å². The van der Waals surface area contributed by atoms with Gasteiger partial charge in [-0.15, -0.1) is 0 Å². The fraction of sp³-hybridized carbons (Fsp3) is 0.452. The second-order valence-electron chi connectivity index (χ2n) is 10.5. The second-order valence-corrected chi connectivity index (χ2v) is 10.5. The van der Waals surface area contributed by atoms with E-state index in [1.54, 1.807) is 6.26 Å². The molecular weight excluding hydrogens is 512 g/mol. The number of amides is 1. The molecule has 1 saturated heterocycles. The molecule has 0 unspecified atom stereocenters. The number of aliphatic hydroxyl groups is 1. The molecule has 6 rings (SSSR count). The molecule has 1 amide bonds. The number of ether oxygens (including phenoxy) is 4. The maximum atomic E-state index is 13.8. The highest BCUT2D eigenvalue weighted by Gasteiger charge is 2.40. The fourth-order valence-electron chi connectivity index (χ4n) is 5.93. The summed E-state index contributed by atoms with van der Waals surface area (Å²) in [6.07, 6.45) is 4.44. The van der Waals surface area contributed by atoms with Crippen molar-refractivity contribution in [3.63, 3.8) is 0 Å². The molecule has 9 nitrogen and oxygen atoms in total. The number of carbonyl (C=O) groups is 1. The molecule has 2 aromatic carbocycles. The SMILES string of the molecule is CCO[C@H]1OC(C(=O)N2CCN(Cc3ccc4c(c3)OCO4)CC2)=C[C@@H](c2coc3ccccc23)[C@@H]1CCCO. The smallest absolute Gasteiger partial charge is 0.288 e. The molecule has 3 aromatic rings. The minimum Gasteiger partial charge on any atom is -0.464 e. The monoisotopic (exact) mass is 548 g/mol. The van der Waals surface area contributed by atoms with Crippen LogP contribution in [-0.2, 0) is 20.8 Å². The van der Waals surface area contributed by atoms with Crippen LogP contribution in [0.5, 0.6) is 11.5 Å². The summed E-state index contributed by atoms with van der Waals surface area (Å²) in [6, 6.07) is 14.0. The normalized spacial score (nSPS) is 22.8. The summed E-state index contributed by atoms with van der Waals surface area (Å²) in [5.41, 5.74) is 2.97. The summed E-state index contributed by atoms with van der Waals surface area (Å²) in [5, 5.41) is 10.6. The molecule has 3 aliphatic rings. The van der Waals surface area contributed by atoms with Gasteiger partial charge in [0.2, 0.25) is 13.1 Å². The first-order valence-electron chi connectivity index (χ1n) is 14.1. The van der Waals surface area contributed by atoms with Gasteiger partial charge in [0.15, 0.2) is 17.3 Å². The molecule has 0 bridgehead atoms. The van der Waals surface area contributed by atoms with Gasteiger partial charge in [-0.25, -0.2) is 0 Å². The summed E-state index contributed by atoms with van der Waals surface area (Å²) in [4.78, 5) is 18.0. The Balaban J connectivity index is 1.19. The highest BCUT2D eigenvalue weighted by Crippen LogP contribution is 2.42. The average molecular weight is 549 g/mol. The molecule has 1 aromatic heterocycles. The maximum absolute atomic E-state index is 13.8. The largest absolute Gasteiger partial charge is 0.464 e. The Hall–Kier alpha value is -3.53. The van der Waals surface area contributed by atoms with Crippen molar-refractivity contribution < 1.29 is 33.3 Å². The summed E-state index contributed by atoms with van der Waals surface area (Å²) in [5.74, 6) is 1.55. The molecular formula is C31H36N2O7. The fourth-order valence-corrected chi connectivity index (χ4v) is 5.93. The van der Waals surface area contributed by atoms with Crippen molar-refractivity contribution in [3.8, 4) is 11.5 Å². The van der Waals surface area contributed by atoms with E-state index >= 15 is 0 Å². The minimum atomic E-state index is -0.591. The Morgan fingerprint density at radius 3 is 2.73 bits per heavy atom. The third-order valence-electron chi connectivity index (χ3n) is 7.99. The Kier molecular flexibility index (Phi) is 7.95. The lowest BCUT2D eigenvalue weighted by Crippen LogP contribution is -2.49. The lowest BCUT2D eigenvalue weighted by molar-refractivity contribution is -0.171. The number of fused-ring (bicyclic) bond motifs is 2. The van der Waals surface area contributed by atoms with Crippen LogP contribution in [-0.4, -0.2) is 73.3 Å². The lowest BCUT2D eigenvalue weighted by Gasteiger charge is -2.39. The van der Waals surface area contributed by atoms with Crippen LogP contribution in [0.2, 0.25) is 0 Å². The lowest BCUT2D eigenvalue weighted by atomic mass is 9.80. The number of piperazine rings is 1. The number of rotatable bonds is 9.